The number of rotatable bonds is 5. The first-order valence-electron chi connectivity index (χ1n) is 7.12. The first-order chi connectivity index (χ1) is 10.1. The van der Waals surface area contributed by atoms with Crippen LogP contribution in [0.15, 0.2) is 18.2 Å². The third-order valence-corrected chi connectivity index (χ3v) is 3.95. The summed E-state index contributed by atoms with van der Waals surface area (Å²) >= 11 is 5.97. The molecule has 21 heavy (non-hydrogen) atoms. The number of hydrogen-bond acceptors (Lipinski definition) is 3. The molecule has 1 amide bonds. The van der Waals surface area contributed by atoms with Crippen molar-refractivity contribution in [2.45, 2.75) is 38.1 Å². The largest absolute Gasteiger partial charge is 0.478 e. The van der Waals surface area contributed by atoms with Crippen LogP contribution >= 0.6 is 11.6 Å². The van der Waals surface area contributed by atoms with Gasteiger partial charge in [0, 0.05) is 12.5 Å². The Hall–Kier alpha value is -1.59. The van der Waals surface area contributed by atoms with Crippen molar-refractivity contribution in [3.8, 4) is 0 Å². The lowest BCUT2D eigenvalue weighted by Crippen LogP contribution is -2.34. The number of carbonyl (C=O) groups is 2. The molecular formula is C15H19ClN2O3. The molecule has 1 saturated heterocycles. The van der Waals surface area contributed by atoms with Crippen LogP contribution in [-0.2, 0) is 4.79 Å². The molecule has 0 aliphatic carbocycles. The third-order valence-electron chi connectivity index (χ3n) is 3.62. The highest BCUT2D eigenvalue weighted by molar-refractivity contribution is 6.33. The van der Waals surface area contributed by atoms with E-state index in [0.29, 0.717) is 23.2 Å². The molecule has 1 aliphatic rings. The Morgan fingerprint density at radius 3 is 2.86 bits per heavy atom. The van der Waals surface area contributed by atoms with Gasteiger partial charge in [-0.3, -0.25) is 4.79 Å². The minimum absolute atomic E-state index is 0.101. The molecule has 1 aromatic rings. The van der Waals surface area contributed by atoms with Gasteiger partial charge in [-0.15, -0.1) is 0 Å². The number of hydrogen-bond donors (Lipinski definition) is 3. The zero-order chi connectivity index (χ0) is 15.2. The molecule has 0 bridgehead atoms. The summed E-state index contributed by atoms with van der Waals surface area (Å²) in [4.78, 5) is 22.9. The number of carbonyl (C=O) groups excluding carboxylic acids is 1. The summed E-state index contributed by atoms with van der Waals surface area (Å²) in [6, 6.07) is 4.65. The molecule has 0 spiro atoms. The van der Waals surface area contributed by atoms with Crippen LogP contribution < -0.4 is 10.6 Å². The molecule has 1 fully saturated rings. The van der Waals surface area contributed by atoms with Crippen LogP contribution in [0.5, 0.6) is 0 Å². The van der Waals surface area contributed by atoms with E-state index in [1.165, 1.54) is 31.0 Å². The number of carboxylic acids is 1. The van der Waals surface area contributed by atoms with E-state index in [-0.39, 0.29) is 11.5 Å². The second-order valence-electron chi connectivity index (χ2n) is 5.23. The lowest BCUT2D eigenvalue weighted by molar-refractivity contribution is -0.116. The molecule has 1 aliphatic heterocycles. The normalized spacial score (nSPS) is 18.2. The van der Waals surface area contributed by atoms with E-state index in [1.54, 1.807) is 0 Å². The molecule has 6 heteroatoms. The molecule has 0 aromatic heterocycles. The van der Waals surface area contributed by atoms with Crippen molar-refractivity contribution in [1.82, 2.24) is 5.32 Å². The molecule has 1 unspecified atom stereocenters. The van der Waals surface area contributed by atoms with Crippen molar-refractivity contribution in [3.05, 3.63) is 28.8 Å². The average Bonchev–Trinajstić information content (AvgIpc) is 2.48. The number of nitrogens with one attached hydrogen (secondary N) is 2. The molecule has 0 saturated carbocycles. The van der Waals surface area contributed by atoms with Gasteiger partial charge >= 0.3 is 5.97 Å². The summed E-state index contributed by atoms with van der Waals surface area (Å²) in [7, 11) is 0. The highest BCUT2D eigenvalue weighted by atomic mass is 35.5. The van der Waals surface area contributed by atoms with Crippen LogP contribution in [-0.4, -0.2) is 29.6 Å². The maximum absolute atomic E-state index is 11.9. The van der Waals surface area contributed by atoms with Crippen molar-refractivity contribution < 1.29 is 14.7 Å². The van der Waals surface area contributed by atoms with Crippen LogP contribution in [0.1, 0.15) is 42.5 Å². The first kappa shape index (κ1) is 15.8. The maximum Gasteiger partial charge on any atom is 0.335 e. The fourth-order valence-electron chi connectivity index (χ4n) is 2.44. The lowest BCUT2D eigenvalue weighted by Gasteiger charge is -2.23. The monoisotopic (exact) mass is 310 g/mol. The van der Waals surface area contributed by atoms with Gasteiger partial charge in [-0.2, -0.15) is 0 Å². The van der Waals surface area contributed by atoms with Crippen LogP contribution in [0.3, 0.4) is 0 Å². The highest BCUT2D eigenvalue weighted by Crippen LogP contribution is 2.23. The number of piperidine rings is 1. The fourth-order valence-corrected chi connectivity index (χ4v) is 2.61. The summed E-state index contributed by atoms with van der Waals surface area (Å²) in [5.41, 5.74) is 0.446. The van der Waals surface area contributed by atoms with Crippen molar-refractivity contribution in [2.24, 2.45) is 0 Å². The fraction of sp³-hybridized carbons (Fsp3) is 0.467. The number of carboxylic acid groups (broad SMARTS) is 1. The molecule has 114 valence electrons. The van der Waals surface area contributed by atoms with E-state index in [1.807, 2.05) is 0 Å². The Labute approximate surface area is 128 Å². The Balaban J connectivity index is 1.89. The van der Waals surface area contributed by atoms with Gasteiger partial charge in [-0.25, -0.2) is 4.79 Å². The molecular weight excluding hydrogens is 292 g/mol. The summed E-state index contributed by atoms with van der Waals surface area (Å²) < 4.78 is 0. The van der Waals surface area contributed by atoms with Gasteiger partial charge in [0.25, 0.3) is 0 Å². The van der Waals surface area contributed by atoms with Gasteiger partial charge in [0.15, 0.2) is 0 Å². The van der Waals surface area contributed by atoms with E-state index >= 15 is 0 Å². The lowest BCUT2D eigenvalue weighted by atomic mass is 10.0. The number of aromatic carboxylic acids is 1. The Morgan fingerprint density at radius 2 is 2.19 bits per heavy atom. The minimum atomic E-state index is -1.05. The second kappa shape index (κ2) is 7.43. The van der Waals surface area contributed by atoms with Crippen molar-refractivity contribution in [3.63, 3.8) is 0 Å². The van der Waals surface area contributed by atoms with Gasteiger partial charge in [0.1, 0.15) is 0 Å². The molecule has 0 radical (unpaired) electrons. The summed E-state index contributed by atoms with van der Waals surface area (Å²) in [6.07, 6.45) is 4.67. The minimum Gasteiger partial charge on any atom is -0.478 e. The molecule has 5 nitrogen and oxygen atoms in total. The zero-order valence-corrected chi connectivity index (χ0v) is 12.4. The molecule has 1 heterocycles. The van der Waals surface area contributed by atoms with E-state index < -0.39 is 5.97 Å². The number of benzene rings is 1. The summed E-state index contributed by atoms with van der Waals surface area (Å²) in [5.74, 6) is -1.19. The Bertz CT molecular complexity index is 528. The van der Waals surface area contributed by atoms with Gasteiger partial charge in [0.05, 0.1) is 16.3 Å². The zero-order valence-electron chi connectivity index (χ0n) is 11.7. The molecule has 3 N–H and O–H groups in total. The van der Waals surface area contributed by atoms with Gasteiger partial charge in [-0.05, 0) is 44.0 Å². The van der Waals surface area contributed by atoms with Crippen LogP contribution in [0.4, 0.5) is 5.69 Å². The van der Waals surface area contributed by atoms with Crippen molar-refractivity contribution >= 4 is 29.2 Å². The summed E-state index contributed by atoms with van der Waals surface area (Å²) in [5, 5.41) is 15.4. The molecule has 2 rings (SSSR count). The van der Waals surface area contributed by atoms with Crippen LogP contribution in [0.25, 0.3) is 0 Å². The van der Waals surface area contributed by atoms with E-state index in [4.69, 9.17) is 16.7 Å². The van der Waals surface area contributed by atoms with E-state index in [9.17, 15) is 9.59 Å². The average molecular weight is 311 g/mol. The van der Waals surface area contributed by atoms with Gasteiger partial charge < -0.3 is 15.7 Å². The highest BCUT2D eigenvalue weighted by Gasteiger charge is 2.15. The quantitative estimate of drug-likeness (QED) is 0.781. The third kappa shape index (κ3) is 4.72. The smallest absolute Gasteiger partial charge is 0.335 e. The van der Waals surface area contributed by atoms with Crippen LogP contribution in [0, 0.1) is 0 Å². The van der Waals surface area contributed by atoms with E-state index in [0.717, 1.165) is 19.4 Å². The molecule has 1 atom stereocenters. The second-order valence-corrected chi connectivity index (χ2v) is 5.64. The Kier molecular flexibility index (Phi) is 5.59. The molecule has 1 aromatic carbocycles. The number of halogens is 1. The predicted octanol–water partition coefficient (Wildman–Crippen LogP) is 2.90. The topological polar surface area (TPSA) is 78.4 Å². The standard InChI is InChI=1S/C15H19ClN2O3/c16-12-6-4-10(15(20)21)9-13(12)18-14(19)7-5-11-3-1-2-8-17-11/h4,6,9,11,17H,1-3,5,7-8H2,(H,18,19)(H,20,21). The summed E-state index contributed by atoms with van der Waals surface area (Å²) in [6.45, 7) is 1.01. The maximum atomic E-state index is 11.9. The first-order valence-corrected chi connectivity index (χ1v) is 7.50. The Morgan fingerprint density at radius 1 is 1.38 bits per heavy atom. The van der Waals surface area contributed by atoms with Crippen molar-refractivity contribution in [1.29, 1.82) is 0 Å². The number of amides is 1. The number of anilines is 1. The van der Waals surface area contributed by atoms with Crippen molar-refractivity contribution in [2.75, 3.05) is 11.9 Å². The van der Waals surface area contributed by atoms with Gasteiger partial charge in [0.2, 0.25) is 5.91 Å². The van der Waals surface area contributed by atoms with Gasteiger partial charge in [-0.1, -0.05) is 18.0 Å². The SMILES string of the molecule is O=C(CCC1CCCCN1)Nc1cc(C(=O)O)ccc1Cl. The van der Waals surface area contributed by atoms with Crippen LogP contribution in [0.2, 0.25) is 5.02 Å². The van der Waals surface area contributed by atoms with E-state index in [2.05, 4.69) is 10.6 Å². The predicted molar refractivity (Wildman–Crippen MR) is 81.9 cm³/mol.